The van der Waals surface area contributed by atoms with Crippen molar-refractivity contribution in [3.05, 3.63) is 59.7 Å². The van der Waals surface area contributed by atoms with Crippen molar-refractivity contribution in [2.24, 2.45) is 0 Å². The lowest BCUT2D eigenvalue weighted by atomic mass is 10.1. The molecule has 0 fully saturated rings. The Morgan fingerprint density at radius 2 is 1.90 bits per heavy atom. The van der Waals surface area contributed by atoms with Crippen LogP contribution in [-0.2, 0) is 22.3 Å². The summed E-state index contributed by atoms with van der Waals surface area (Å²) in [6.45, 7) is -0.360. The maximum absolute atomic E-state index is 12.8. The lowest BCUT2D eigenvalue weighted by molar-refractivity contribution is -0.137. The molecule has 11 heteroatoms. The van der Waals surface area contributed by atoms with Crippen molar-refractivity contribution < 1.29 is 27.5 Å². The van der Waals surface area contributed by atoms with Crippen LogP contribution in [0, 0.1) is 0 Å². The first-order chi connectivity index (χ1) is 13.8. The highest BCUT2D eigenvalue weighted by Gasteiger charge is 2.30. The van der Waals surface area contributed by atoms with Gasteiger partial charge in [-0.3, -0.25) is 4.79 Å². The van der Waals surface area contributed by atoms with Crippen LogP contribution in [0.3, 0.4) is 0 Å². The van der Waals surface area contributed by atoms with Gasteiger partial charge in [0.05, 0.1) is 23.9 Å². The number of methoxy groups -OCH3 is 1. The lowest BCUT2D eigenvalue weighted by Crippen LogP contribution is -2.22. The van der Waals surface area contributed by atoms with Crippen LogP contribution in [-0.4, -0.2) is 39.2 Å². The molecule has 0 unspecified atom stereocenters. The van der Waals surface area contributed by atoms with Crippen molar-refractivity contribution in [2.75, 3.05) is 12.4 Å². The molecule has 2 aromatic carbocycles. The molecule has 0 radical (unpaired) electrons. The van der Waals surface area contributed by atoms with Gasteiger partial charge in [0.15, 0.2) is 0 Å². The summed E-state index contributed by atoms with van der Waals surface area (Å²) in [7, 11) is 1.22. The molecule has 150 valence electrons. The molecule has 1 N–H and O–H groups in total. The minimum Gasteiger partial charge on any atom is -0.465 e. The van der Waals surface area contributed by atoms with Crippen LogP contribution in [0.5, 0.6) is 0 Å². The van der Waals surface area contributed by atoms with Gasteiger partial charge in [-0.15, -0.1) is 10.2 Å². The Kier molecular flexibility index (Phi) is 5.57. The van der Waals surface area contributed by atoms with E-state index in [-0.39, 0.29) is 29.2 Å². The number of ether oxygens (including phenoxy) is 1. The van der Waals surface area contributed by atoms with Crippen molar-refractivity contribution in [2.45, 2.75) is 12.7 Å². The molecule has 0 aliphatic carbocycles. The average Bonchev–Trinajstić information content (AvgIpc) is 3.15. The zero-order valence-corrected chi connectivity index (χ0v) is 15.0. The molecule has 1 amide bonds. The molecule has 3 aromatic rings. The molecule has 0 bridgehead atoms. The number of amides is 1. The van der Waals surface area contributed by atoms with E-state index in [1.807, 2.05) is 0 Å². The number of anilines is 1. The van der Waals surface area contributed by atoms with Gasteiger partial charge in [-0.05, 0) is 29.5 Å². The fraction of sp³-hybridized carbons (Fsp3) is 0.167. The fourth-order valence-electron chi connectivity index (χ4n) is 2.46. The van der Waals surface area contributed by atoms with E-state index in [4.69, 9.17) is 0 Å². The van der Waals surface area contributed by atoms with Crippen LogP contribution in [0.15, 0.2) is 48.5 Å². The molecule has 0 aliphatic heterocycles. The predicted molar refractivity (Wildman–Crippen MR) is 94.7 cm³/mol. The molecule has 0 spiro atoms. The van der Waals surface area contributed by atoms with Crippen LogP contribution in [0.4, 0.5) is 18.9 Å². The van der Waals surface area contributed by atoms with Gasteiger partial charge in [-0.25, -0.2) is 4.79 Å². The molecule has 0 saturated heterocycles. The van der Waals surface area contributed by atoms with Crippen molar-refractivity contribution in [3.63, 3.8) is 0 Å². The number of hydrogen-bond acceptors (Lipinski definition) is 6. The first-order valence-electron chi connectivity index (χ1n) is 8.20. The Balaban J connectivity index is 1.73. The molecule has 1 heterocycles. The van der Waals surface area contributed by atoms with E-state index in [9.17, 15) is 22.8 Å². The van der Waals surface area contributed by atoms with Gasteiger partial charge in [-0.2, -0.15) is 18.0 Å². The van der Waals surface area contributed by atoms with E-state index in [0.717, 1.165) is 16.9 Å². The largest absolute Gasteiger partial charge is 0.465 e. The molecular formula is C18H14F3N5O3. The number of aromatic nitrogens is 4. The van der Waals surface area contributed by atoms with E-state index in [1.165, 1.54) is 31.4 Å². The Morgan fingerprint density at radius 3 is 2.62 bits per heavy atom. The summed E-state index contributed by atoms with van der Waals surface area (Å²) in [4.78, 5) is 24.9. The second-order valence-electron chi connectivity index (χ2n) is 5.81. The van der Waals surface area contributed by atoms with Crippen LogP contribution < -0.4 is 5.32 Å². The standard InChI is InChI=1S/C18H14F3N5O3/c1-29-17(28)13-7-2-3-8-14(13)22-15(27)10-26-24-16(23-25-26)11-5-4-6-12(9-11)18(19,20)21/h2-9H,10H2,1H3,(H,22,27). The van der Waals surface area contributed by atoms with E-state index >= 15 is 0 Å². The van der Waals surface area contributed by atoms with Gasteiger partial charge < -0.3 is 10.1 Å². The average molecular weight is 405 g/mol. The van der Waals surface area contributed by atoms with Crippen LogP contribution in [0.1, 0.15) is 15.9 Å². The highest BCUT2D eigenvalue weighted by molar-refractivity contribution is 6.01. The second kappa shape index (κ2) is 8.09. The smallest absolute Gasteiger partial charge is 0.416 e. The molecule has 8 nitrogen and oxygen atoms in total. The van der Waals surface area contributed by atoms with Crippen molar-refractivity contribution in [3.8, 4) is 11.4 Å². The minimum atomic E-state index is -4.50. The molecule has 0 saturated carbocycles. The number of rotatable bonds is 5. The third-order valence-electron chi connectivity index (χ3n) is 3.79. The number of hydrogen-bond donors (Lipinski definition) is 1. The number of nitrogens with one attached hydrogen (secondary N) is 1. The van der Waals surface area contributed by atoms with Gasteiger partial charge in [0.25, 0.3) is 0 Å². The summed E-state index contributed by atoms with van der Waals surface area (Å²) in [5.74, 6) is -1.24. The summed E-state index contributed by atoms with van der Waals surface area (Å²) in [6.07, 6.45) is -4.50. The maximum atomic E-state index is 12.8. The normalized spacial score (nSPS) is 11.2. The third kappa shape index (κ3) is 4.75. The number of nitrogens with zero attached hydrogens (tertiary/aromatic N) is 4. The van der Waals surface area contributed by atoms with E-state index in [0.29, 0.717) is 0 Å². The number of esters is 1. The van der Waals surface area contributed by atoms with Gasteiger partial charge >= 0.3 is 12.1 Å². The predicted octanol–water partition coefficient (Wildman–Crippen LogP) is 2.78. The number of tetrazole rings is 1. The zero-order chi connectivity index (χ0) is 21.0. The van der Waals surface area contributed by atoms with Crippen molar-refractivity contribution in [1.82, 2.24) is 20.2 Å². The van der Waals surface area contributed by atoms with E-state index in [1.54, 1.807) is 12.1 Å². The quantitative estimate of drug-likeness (QED) is 0.656. The third-order valence-corrected chi connectivity index (χ3v) is 3.79. The summed E-state index contributed by atoms with van der Waals surface area (Å²) in [6, 6.07) is 10.7. The SMILES string of the molecule is COC(=O)c1ccccc1NC(=O)Cn1nnc(-c2cccc(C(F)(F)F)c2)n1. The Labute approximate surface area is 162 Å². The number of carbonyl (C=O) groups is 2. The number of benzene rings is 2. The zero-order valence-electron chi connectivity index (χ0n) is 15.0. The highest BCUT2D eigenvalue weighted by atomic mass is 19.4. The molecule has 0 atom stereocenters. The second-order valence-corrected chi connectivity index (χ2v) is 5.81. The van der Waals surface area contributed by atoms with Crippen LogP contribution in [0.2, 0.25) is 0 Å². The van der Waals surface area contributed by atoms with Crippen molar-refractivity contribution in [1.29, 1.82) is 0 Å². The number of carbonyl (C=O) groups excluding carboxylic acids is 2. The monoisotopic (exact) mass is 405 g/mol. The Morgan fingerprint density at radius 1 is 1.14 bits per heavy atom. The van der Waals surface area contributed by atoms with Gasteiger partial charge in [0.1, 0.15) is 6.54 Å². The first kappa shape index (κ1) is 20.0. The molecule has 29 heavy (non-hydrogen) atoms. The fourth-order valence-corrected chi connectivity index (χ4v) is 2.46. The maximum Gasteiger partial charge on any atom is 0.416 e. The summed E-state index contributed by atoms with van der Waals surface area (Å²) < 4.78 is 43.2. The minimum absolute atomic E-state index is 0.0566. The first-order valence-corrected chi connectivity index (χ1v) is 8.20. The molecule has 1 aromatic heterocycles. The van der Waals surface area contributed by atoms with Crippen molar-refractivity contribution >= 4 is 17.6 Å². The summed E-state index contributed by atoms with van der Waals surface area (Å²) >= 11 is 0. The Hall–Kier alpha value is -3.76. The van der Waals surface area contributed by atoms with Gasteiger partial charge in [0.2, 0.25) is 11.7 Å². The highest BCUT2D eigenvalue weighted by Crippen LogP contribution is 2.31. The van der Waals surface area contributed by atoms with Crippen LogP contribution in [0.25, 0.3) is 11.4 Å². The molecule has 0 aliphatic rings. The molecular weight excluding hydrogens is 391 g/mol. The van der Waals surface area contributed by atoms with E-state index < -0.39 is 23.6 Å². The van der Waals surface area contributed by atoms with Gasteiger partial charge in [0, 0.05) is 5.56 Å². The summed E-state index contributed by atoms with van der Waals surface area (Å²) in [5, 5.41) is 13.8. The number of halogens is 3. The van der Waals surface area contributed by atoms with Gasteiger partial charge in [-0.1, -0.05) is 24.3 Å². The molecule has 3 rings (SSSR count). The number of alkyl halides is 3. The Bertz CT molecular complexity index is 1050. The van der Waals surface area contributed by atoms with E-state index in [2.05, 4.69) is 25.5 Å². The summed E-state index contributed by atoms with van der Waals surface area (Å²) in [5.41, 5.74) is -0.326. The number of para-hydroxylation sites is 1. The van der Waals surface area contributed by atoms with Crippen LogP contribution >= 0.6 is 0 Å². The lowest BCUT2D eigenvalue weighted by Gasteiger charge is -2.09. The topological polar surface area (TPSA) is 99.0 Å².